The van der Waals surface area contributed by atoms with E-state index < -0.39 is 10.0 Å². The summed E-state index contributed by atoms with van der Waals surface area (Å²) in [6.07, 6.45) is 0. The second-order valence-electron chi connectivity index (χ2n) is 4.39. The van der Waals surface area contributed by atoms with Crippen LogP contribution in [-0.4, -0.2) is 55.7 Å². The standard InChI is InChI=1S/C12H16Br2N2O2S/c13-4-5-15-6-8-16(9-7-15)19(17,18)12-3-1-2-11(14)10-12/h1-3,10H,4-9H2. The molecule has 1 aromatic carbocycles. The van der Waals surface area contributed by atoms with Crippen molar-refractivity contribution in [2.75, 3.05) is 38.1 Å². The maximum Gasteiger partial charge on any atom is 0.243 e. The van der Waals surface area contributed by atoms with E-state index in [9.17, 15) is 8.42 Å². The molecule has 106 valence electrons. The van der Waals surface area contributed by atoms with Crippen LogP contribution >= 0.6 is 31.9 Å². The summed E-state index contributed by atoms with van der Waals surface area (Å²) >= 11 is 6.72. The van der Waals surface area contributed by atoms with E-state index in [2.05, 4.69) is 36.8 Å². The fraction of sp³-hybridized carbons (Fsp3) is 0.500. The molecule has 0 aromatic heterocycles. The van der Waals surface area contributed by atoms with Crippen molar-refractivity contribution in [1.82, 2.24) is 9.21 Å². The summed E-state index contributed by atoms with van der Waals surface area (Å²) in [5, 5.41) is 0.922. The van der Waals surface area contributed by atoms with Crippen molar-refractivity contribution < 1.29 is 8.42 Å². The fourth-order valence-corrected chi connectivity index (χ4v) is 4.61. The zero-order valence-corrected chi connectivity index (χ0v) is 14.4. The van der Waals surface area contributed by atoms with Gasteiger partial charge in [0.15, 0.2) is 0 Å². The van der Waals surface area contributed by atoms with Gasteiger partial charge in [-0.1, -0.05) is 37.9 Å². The zero-order valence-electron chi connectivity index (χ0n) is 10.4. The Balaban J connectivity index is 2.10. The number of sulfonamides is 1. The number of piperazine rings is 1. The summed E-state index contributed by atoms with van der Waals surface area (Å²) in [7, 11) is -3.36. The minimum Gasteiger partial charge on any atom is -0.300 e. The van der Waals surface area contributed by atoms with Gasteiger partial charge in [-0.2, -0.15) is 4.31 Å². The van der Waals surface area contributed by atoms with E-state index in [1.807, 2.05) is 6.07 Å². The Kier molecular flexibility index (Phi) is 5.42. The number of alkyl halides is 1. The first-order valence-electron chi connectivity index (χ1n) is 6.08. The minimum absolute atomic E-state index is 0.357. The van der Waals surface area contributed by atoms with E-state index >= 15 is 0 Å². The van der Waals surface area contributed by atoms with Crippen LogP contribution in [0.25, 0.3) is 0 Å². The number of hydrogen-bond donors (Lipinski definition) is 0. The number of rotatable bonds is 4. The number of nitrogens with zero attached hydrogens (tertiary/aromatic N) is 2. The summed E-state index contributed by atoms with van der Waals surface area (Å²) in [6.45, 7) is 3.66. The normalized spacial score (nSPS) is 18.6. The minimum atomic E-state index is -3.36. The second kappa shape index (κ2) is 6.67. The van der Waals surface area contributed by atoms with Crippen molar-refractivity contribution in [3.05, 3.63) is 28.7 Å². The average molecular weight is 412 g/mol. The second-order valence-corrected chi connectivity index (χ2v) is 8.04. The van der Waals surface area contributed by atoms with Gasteiger partial charge < -0.3 is 0 Å². The lowest BCUT2D eigenvalue weighted by Crippen LogP contribution is -2.48. The first-order chi connectivity index (χ1) is 9.04. The molecule has 4 nitrogen and oxygen atoms in total. The number of halogens is 2. The molecule has 0 aliphatic carbocycles. The van der Waals surface area contributed by atoms with Crippen molar-refractivity contribution in [2.24, 2.45) is 0 Å². The van der Waals surface area contributed by atoms with Gasteiger partial charge in [0.2, 0.25) is 10.0 Å². The van der Waals surface area contributed by atoms with Gasteiger partial charge in [-0.3, -0.25) is 4.90 Å². The topological polar surface area (TPSA) is 40.6 Å². The first-order valence-corrected chi connectivity index (χ1v) is 9.43. The molecule has 0 spiro atoms. The van der Waals surface area contributed by atoms with Crippen LogP contribution in [0.5, 0.6) is 0 Å². The summed E-state index contributed by atoms with van der Waals surface area (Å²) in [6, 6.07) is 6.87. The monoisotopic (exact) mass is 410 g/mol. The lowest BCUT2D eigenvalue weighted by molar-refractivity contribution is 0.198. The Hall–Kier alpha value is 0.0500. The first kappa shape index (κ1) is 15.4. The Morgan fingerprint density at radius 1 is 1.16 bits per heavy atom. The van der Waals surface area contributed by atoms with Crippen LogP contribution in [0.1, 0.15) is 0 Å². The van der Waals surface area contributed by atoms with E-state index in [4.69, 9.17) is 0 Å². The fourth-order valence-electron chi connectivity index (χ4n) is 2.09. The SMILES string of the molecule is O=S(=O)(c1cccc(Br)c1)N1CCN(CCBr)CC1. The van der Waals surface area contributed by atoms with Gasteiger partial charge in [0.1, 0.15) is 0 Å². The smallest absolute Gasteiger partial charge is 0.243 e. The molecular formula is C12H16Br2N2O2S. The van der Waals surface area contributed by atoms with Crippen molar-refractivity contribution in [1.29, 1.82) is 0 Å². The maximum atomic E-state index is 12.5. The van der Waals surface area contributed by atoms with Gasteiger partial charge in [0, 0.05) is 42.5 Å². The third-order valence-corrected chi connectivity index (χ3v) is 5.91. The van der Waals surface area contributed by atoms with Gasteiger partial charge in [0.05, 0.1) is 4.90 Å². The summed E-state index contributed by atoms with van der Waals surface area (Å²) in [5.41, 5.74) is 0. The van der Waals surface area contributed by atoms with Crippen molar-refractivity contribution in [3.63, 3.8) is 0 Å². The van der Waals surface area contributed by atoms with E-state index in [0.717, 1.165) is 29.4 Å². The Morgan fingerprint density at radius 2 is 1.84 bits per heavy atom. The molecule has 0 radical (unpaired) electrons. The van der Waals surface area contributed by atoms with Gasteiger partial charge in [-0.05, 0) is 18.2 Å². The predicted molar refractivity (Wildman–Crippen MR) is 83.1 cm³/mol. The molecule has 1 heterocycles. The van der Waals surface area contributed by atoms with Gasteiger partial charge >= 0.3 is 0 Å². The van der Waals surface area contributed by atoms with Crippen LogP contribution < -0.4 is 0 Å². The molecule has 7 heteroatoms. The van der Waals surface area contributed by atoms with E-state index in [-0.39, 0.29) is 0 Å². The molecule has 0 amide bonds. The molecule has 2 rings (SSSR count). The molecule has 1 saturated heterocycles. The molecule has 1 fully saturated rings. The summed E-state index contributed by atoms with van der Waals surface area (Å²) in [4.78, 5) is 2.62. The van der Waals surface area contributed by atoms with Crippen LogP contribution in [-0.2, 0) is 10.0 Å². The highest BCUT2D eigenvalue weighted by Crippen LogP contribution is 2.21. The lowest BCUT2D eigenvalue weighted by Gasteiger charge is -2.33. The van der Waals surface area contributed by atoms with Crippen LogP contribution in [0, 0.1) is 0 Å². The largest absolute Gasteiger partial charge is 0.300 e. The summed E-state index contributed by atoms with van der Waals surface area (Å²) < 4.78 is 27.3. The molecule has 0 atom stereocenters. The molecule has 0 unspecified atom stereocenters. The van der Waals surface area contributed by atoms with Crippen LogP contribution in [0.3, 0.4) is 0 Å². The van der Waals surface area contributed by atoms with E-state index in [0.29, 0.717) is 18.0 Å². The van der Waals surface area contributed by atoms with Gasteiger partial charge in [0.25, 0.3) is 0 Å². The quantitative estimate of drug-likeness (QED) is 0.712. The third kappa shape index (κ3) is 3.78. The molecule has 1 aliphatic heterocycles. The highest BCUT2D eigenvalue weighted by atomic mass is 79.9. The predicted octanol–water partition coefficient (Wildman–Crippen LogP) is 2.15. The van der Waals surface area contributed by atoms with E-state index in [1.165, 1.54) is 0 Å². The molecular weight excluding hydrogens is 396 g/mol. The molecule has 1 aromatic rings. The highest BCUT2D eigenvalue weighted by molar-refractivity contribution is 9.10. The van der Waals surface area contributed by atoms with Crippen LogP contribution in [0.4, 0.5) is 0 Å². The van der Waals surface area contributed by atoms with Crippen LogP contribution in [0.15, 0.2) is 33.6 Å². The highest BCUT2D eigenvalue weighted by Gasteiger charge is 2.28. The molecule has 0 saturated carbocycles. The summed E-state index contributed by atoms with van der Waals surface area (Å²) in [5.74, 6) is 0. The molecule has 19 heavy (non-hydrogen) atoms. The maximum absolute atomic E-state index is 12.5. The van der Waals surface area contributed by atoms with Gasteiger partial charge in [-0.15, -0.1) is 0 Å². The van der Waals surface area contributed by atoms with Crippen molar-refractivity contribution in [3.8, 4) is 0 Å². The number of hydrogen-bond acceptors (Lipinski definition) is 3. The Bertz CT molecular complexity index is 528. The van der Waals surface area contributed by atoms with Crippen LogP contribution in [0.2, 0.25) is 0 Å². The average Bonchev–Trinajstić information content (AvgIpc) is 2.40. The molecule has 0 N–H and O–H groups in total. The molecule has 0 bridgehead atoms. The van der Waals surface area contributed by atoms with Crippen molar-refractivity contribution in [2.45, 2.75) is 4.90 Å². The zero-order chi connectivity index (χ0) is 13.9. The van der Waals surface area contributed by atoms with Gasteiger partial charge in [-0.25, -0.2) is 8.42 Å². The van der Waals surface area contributed by atoms with Crippen molar-refractivity contribution >= 4 is 41.9 Å². The Labute approximate surface area is 131 Å². The lowest BCUT2D eigenvalue weighted by atomic mass is 10.4. The third-order valence-electron chi connectivity index (χ3n) is 3.17. The number of benzene rings is 1. The van der Waals surface area contributed by atoms with E-state index in [1.54, 1.807) is 22.5 Å². The molecule has 1 aliphatic rings. The Morgan fingerprint density at radius 3 is 2.42 bits per heavy atom.